The summed E-state index contributed by atoms with van der Waals surface area (Å²) in [7, 11) is 2.72. The first-order chi connectivity index (χ1) is 7.17. The summed E-state index contributed by atoms with van der Waals surface area (Å²) in [5, 5.41) is 0. The standard InChI is InChI=1S/C11H26O3Si/c1-6-8-11(7-2)9-10-15(12-3,13-4)14-5/h11H,6-10H2,1-5H3. The summed E-state index contributed by atoms with van der Waals surface area (Å²) in [5.41, 5.74) is 0. The van der Waals surface area contributed by atoms with Crippen LogP contribution in [0.4, 0.5) is 0 Å². The Balaban J connectivity index is 4.06. The molecule has 0 bridgehead atoms. The Hall–Kier alpha value is 0.0969. The topological polar surface area (TPSA) is 27.7 Å². The summed E-state index contributed by atoms with van der Waals surface area (Å²) in [4.78, 5) is 0. The Morgan fingerprint density at radius 3 is 1.80 bits per heavy atom. The average molecular weight is 234 g/mol. The normalized spacial score (nSPS) is 14.2. The minimum Gasteiger partial charge on any atom is -0.377 e. The van der Waals surface area contributed by atoms with Crippen LogP contribution in [-0.2, 0) is 13.3 Å². The Labute approximate surface area is 95.5 Å². The van der Waals surface area contributed by atoms with Gasteiger partial charge in [0, 0.05) is 27.4 Å². The van der Waals surface area contributed by atoms with Crippen LogP contribution in [0.1, 0.15) is 39.5 Å². The Kier molecular flexibility index (Phi) is 8.33. The minimum absolute atomic E-state index is 0.780. The van der Waals surface area contributed by atoms with Gasteiger partial charge in [0.25, 0.3) is 0 Å². The molecule has 0 rings (SSSR count). The molecule has 0 aromatic heterocycles. The van der Waals surface area contributed by atoms with Crippen LogP contribution < -0.4 is 0 Å². The third kappa shape index (κ3) is 5.11. The van der Waals surface area contributed by atoms with Crippen molar-refractivity contribution in [2.45, 2.75) is 45.6 Å². The minimum atomic E-state index is -2.33. The summed E-state index contributed by atoms with van der Waals surface area (Å²) in [5.74, 6) is 0.780. The Morgan fingerprint density at radius 2 is 1.47 bits per heavy atom. The highest BCUT2D eigenvalue weighted by atomic mass is 28.4. The van der Waals surface area contributed by atoms with Crippen molar-refractivity contribution >= 4 is 8.80 Å². The molecule has 15 heavy (non-hydrogen) atoms. The lowest BCUT2D eigenvalue weighted by Gasteiger charge is -2.26. The first-order valence-electron chi connectivity index (χ1n) is 5.83. The van der Waals surface area contributed by atoms with Gasteiger partial charge in [0.2, 0.25) is 0 Å². The molecule has 0 aliphatic carbocycles. The van der Waals surface area contributed by atoms with Crippen molar-refractivity contribution < 1.29 is 13.3 Å². The van der Waals surface area contributed by atoms with E-state index in [9.17, 15) is 0 Å². The predicted octanol–water partition coefficient (Wildman–Crippen LogP) is 3.08. The van der Waals surface area contributed by atoms with Crippen LogP contribution >= 0.6 is 0 Å². The molecule has 4 heteroatoms. The lowest BCUT2D eigenvalue weighted by molar-refractivity contribution is 0.121. The van der Waals surface area contributed by atoms with Crippen molar-refractivity contribution in [2.24, 2.45) is 5.92 Å². The fourth-order valence-electron chi connectivity index (χ4n) is 1.90. The molecule has 1 atom stereocenters. The van der Waals surface area contributed by atoms with E-state index in [4.69, 9.17) is 13.3 Å². The molecule has 0 aromatic rings. The highest BCUT2D eigenvalue weighted by Gasteiger charge is 2.37. The van der Waals surface area contributed by atoms with E-state index in [0.717, 1.165) is 18.4 Å². The lowest BCUT2D eigenvalue weighted by Crippen LogP contribution is -2.42. The molecule has 0 saturated carbocycles. The first-order valence-corrected chi connectivity index (χ1v) is 7.76. The van der Waals surface area contributed by atoms with Crippen LogP contribution in [0, 0.1) is 5.92 Å². The number of hydrogen-bond donors (Lipinski definition) is 0. The first kappa shape index (κ1) is 15.1. The summed E-state index contributed by atoms with van der Waals surface area (Å²) >= 11 is 0. The third-order valence-electron chi connectivity index (χ3n) is 3.07. The monoisotopic (exact) mass is 234 g/mol. The summed E-state index contributed by atoms with van der Waals surface area (Å²) in [6.45, 7) is 4.48. The van der Waals surface area contributed by atoms with Crippen molar-refractivity contribution in [2.75, 3.05) is 21.3 Å². The molecule has 0 saturated heterocycles. The quantitative estimate of drug-likeness (QED) is 0.574. The zero-order chi connectivity index (χ0) is 11.7. The number of rotatable bonds is 9. The molecule has 3 nitrogen and oxygen atoms in total. The fourth-order valence-corrected chi connectivity index (χ4v) is 3.77. The largest absolute Gasteiger partial charge is 0.500 e. The predicted molar refractivity (Wildman–Crippen MR) is 64.9 cm³/mol. The summed E-state index contributed by atoms with van der Waals surface area (Å²) in [6, 6.07) is 0.926. The van der Waals surface area contributed by atoms with Gasteiger partial charge in [0.1, 0.15) is 0 Å². The van der Waals surface area contributed by atoms with Gasteiger partial charge in [0.05, 0.1) is 0 Å². The zero-order valence-corrected chi connectivity index (χ0v) is 11.8. The molecule has 0 heterocycles. The van der Waals surface area contributed by atoms with Crippen molar-refractivity contribution in [3.05, 3.63) is 0 Å². The van der Waals surface area contributed by atoms with Gasteiger partial charge < -0.3 is 13.3 Å². The molecule has 0 amide bonds. The van der Waals surface area contributed by atoms with Crippen molar-refractivity contribution in [3.8, 4) is 0 Å². The zero-order valence-electron chi connectivity index (χ0n) is 10.8. The molecule has 0 fully saturated rings. The van der Waals surface area contributed by atoms with E-state index in [1.54, 1.807) is 21.3 Å². The van der Waals surface area contributed by atoms with E-state index < -0.39 is 8.80 Å². The maximum atomic E-state index is 5.40. The highest BCUT2D eigenvalue weighted by Crippen LogP contribution is 2.23. The van der Waals surface area contributed by atoms with E-state index >= 15 is 0 Å². The second-order valence-corrected chi connectivity index (χ2v) is 6.99. The van der Waals surface area contributed by atoms with Crippen molar-refractivity contribution in [1.82, 2.24) is 0 Å². The van der Waals surface area contributed by atoms with Crippen LogP contribution in [0.5, 0.6) is 0 Å². The van der Waals surface area contributed by atoms with E-state index in [1.807, 2.05) is 0 Å². The van der Waals surface area contributed by atoms with Crippen LogP contribution in [0.25, 0.3) is 0 Å². The number of hydrogen-bond acceptors (Lipinski definition) is 3. The van der Waals surface area contributed by atoms with Crippen LogP contribution in [-0.4, -0.2) is 30.1 Å². The van der Waals surface area contributed by atoms with Gasteiger partial charge in [-0.1, -0.05) is 33.1 Å². The second-order valence-electron chi connectivity index (χ2n) is 3.90. The lowest BCUT2D eigenvalue weighted by atomic mass is 9.98. The van der Waals surface area contributed by atoms with Crippen LogP contribution in [0.2, 0.25) is 6.04 Å². The van der Waals surface area contributed by atoms with Crippen LogP contribution in [0.3, 0.4) is 0 Å². The maximum Gasteiger partial charge on any atom is 0.500 e. The van der Waals surface area contributed by atoms with Gasteiger partial charge in [-0.3, -0.25) is 0 Å². The summed E-state index contributed by atoms with van der Waals surface area (Å²) < 4.78 is 16.2. The molecule has 0 aliphatic heterocycles. The van der Waals surface area contributed by atoms with E-state index in [-0.39, 0.29) is 0 Å². The SMILES string of the molecule is CCCC(CC)CC[Si](OC)(OC)OC. The van der Waals surface area contributed by atoms with Gasteiger partial charge >= 0.3 is 8.80 Å². The van der Waals surface area contributed by atoms with Gasteiger partial charge in [-0.25, -0.2) is 0 Å². The fraction of sp³-hybridized carbons (Fsp3) is 1.00. The summed E-state index contributed by atoms with van der Waals surface area (Å²) in [6.07, 6.45) is 4.92. The molecular formula is C11H26O3Si. The third-order valence-corrected chi connectivity index (χ3v) is 5.83. The van der Waals surface area contributed by atoms with Crippen molar-refractivity contribution in [3.63, 3.8) is 0 Å². The van der Waals surface area contributed by atoms with E-state index in [2.05, 4.69) is 13.8 Å². The van der Waals surface area contributed by atoms with Gasteiger partial charge in [-0.15, -0.1) is 0 Å². The van der Waals surface area contributed by atoms with Gasteiger partial charge in [-0.05, 0) is 12.3 Å². The molecule has 92 valence electrons. The molecule has 0 aliphatic rings. The van der Waals surface area contributed by atoms with E-state index in [1.165, 1.54) is 19.3 Å². The molecule has 0 spiro atoms. The van der Waals surface area contributed by atoms with Crippen LogP contribution in [0.15, 0.2) is 0 Å². The van der Waals surface area contributed by atoms with Gasteiger partial charge in [-0.2, -0.15) is 0 Å². The molecule has 0 radical (unpaired) electrons. The van der Waals surface area contributed by atoms with E-state index in [0.29, 0.717) is 0 Å². The molecule has 1 unspecified atom stereocenters. The second kappa shape index (κ2) is 8.27. The van der Waals surface area contributed by atoms with Crippen molar-refractivity contribution in [1.29, 1.82) is 0 Å². The average Bonchev–Trinajstić information content (AvgIpc) is 2.30. The molecular weight excluding hydrogens is 208 g/mol. The molecule has 0 N–H and O–H groups in total. The smallest absolute Gasteiger partial charge is 0.377 e. The Morgan fingerprint density at radius 1 is 0.933 bits per heavy atom. The van der Waals surface area contributed by atoms with Gasteiger partial charge in [0.15, 0.2) is 0 Å². The molecule has 0 aromatic carbocycles. The Bertz CT molecular complexity index is 141. The maximum absolute atomic E-state index is 5.40. The highest BCUT2D eigenvalue weighted by molar-refractivity contribution is 6.60.